The highest BCUT2D eigenvalue weighted by Crippen LogP contribution is 2.36. The number of methoxy groups -OCH3 is 1. The Morgan fingerprint density at radius 2 is 2.03 bits per heavy atom. The summed E-state index contributed by atoms with van der Waals surface area (Å²) in [7, 11) is -2.08. The Morgan fingerprint density at radius 3 is 2.66 bits per heavy atom. The molecule has 156 valence electrons. The second-order valence-corrected chi connectivity index (χ2v) is 10.4. The number of sulfonamides is 1. The third-order valence-corrected chi connectivity index (χ3v) is 7.49. The van der Waals surface area contributed by atoms with E-state index in [1.54, 1.807) is 30.7 Å². The number of hydrogen-bond acceptors (Lipinski definition) is 7. The van der Waals surface area contributed by atoms with Gasteiger partial charge in [0.1, 0.15) is 5.01 Å². The van der Waals surface area contributed by atoms with Gasteiger partial charge in [0.25, 0.3) is 0 Å². The van der Waals surface area contributed by atoms with Gasteiger partial charge in [-0.1, -0.05) is 11.3 Å². The average Bonchev–Trinajstić information content (AvgIpc) is 3.10. The van der Waals surface area contributed by atoms with Crippen LogP contribution >= 0.6 is 11.3 Å². The summed E-state index contributed by atoms with van der Waals surface area (Å²) >= 11 is 1.28. The van der Waals surface area contributed by atoms with Crippen LogP contribution in [0.3, 0.4) is 0 Å². The molecule has 11 heteroatoms. The second-order valence-electron chi connectivity index (χ2n) is 7.54. The Hall–Kier alpha value is -2.08. The van der Waals surface area contributed by atoms with Crippen LogP contribution in [-0.2, 0) is 21.3 Å². The topological polar surface area (TPSA) is 108 Å². The van der Waals surface area contributed by atoms with E-state index in [0.29, 0.717) is 35.7 Å². The molecule has 0 unspecified atom stereocenters. The van der Waals surface area contributed by atoms with Gasteiger partial charge in [-0.25, -0.2) is 22.5 Å². The van der Waals surface area contributed by atoms with Gasteiger partial charge in [0.05, 0.1) is 15.9 Å². The lowest BCUT2D eigenvalue weighted by atomic mass is 10.3. The number of nitrogens with one attached hydrogen (secondary N) is 1. The predicted octanol–water partition coefficient (Wildman–Crippen LogP) is 1.82. The lowest BCUT2D eigenvalue weighted by Gasteiger charge is -2.12. The molecule has 9 nitrogen and oxygen atoms in total. The molecular weight excluding hydrogens is 414 g/mol. The molecule has 1 aliphatic carbocycles. The number of imidazole rings is 1. The van der Waals surface area contributed by atoms with Crippen LogP contribution in [0, 0.1) is 6.92 Å². The number of aromatic nitrogens is 4. The molecule has 1 fully saturated rings. The van der Waals surface area contributed by atoms with E-state index in [2.05, 4.69) is 14.9 Å². The fraction of sp³-hybridized carbons (Fsp3) is 0.500. The van der Waals surface area contributed by atoms with Gasteiger partial charge in [0.2, 0.25) is 15.2 Å². The van der Waals surface area contributed by atoms with Crippen molar-refractivity contribution in [1.82, 2.24) is 24.1 Å². The molecule has 2 aromatic heterocycles. The standard InChI is InChI=1S/C18H23N5O4S2/c1-12-19-20-16(28-12)23-15-11-13(29(25,26)21-18(2)7-8-18)5-6-14(15)22(17(23)24)9-4-10-27-3/h5-6,11,21H,4,7-10H2,1-3H3. The molecule has 1 saturated carbocycles. The molecule has 0 amide bonds. The molecule has 3 aromatic rings. The molecular formula is C18H23N5O4S2. The van der Waals surface area contributed by atoms with Crippen molar-refractivity contribution in [2.24, 2.45) is 0 Å². The van der Waals surface area contributed by atoms with E-state index in [1.165, 1.54) is 22.0 Å². The molecule has 0 atom stereocenters. The monoisotopic (exact) mass is 437 g/mol. The summed E-state index contributed by atoms with van der Waals surface area (Å²) < 4.78 is 36.6. The largest absolute Gasteiger partial charge is 0.385 e. The molecule has 1 N–H and O–H groups in total. The maximum atomic E-state index is 13.2. The maximum Gasteiger partial charge on any atom is 0.335 e. The molecule has 4 rings (SSSR count). The van der Waals surface area contributed by atoms with Crippen molar-refractivity contribution in [2.75, 3.05) is 13.7 Å². The predicted molar refractivity (Wildman–Crippen MR) is 110 cm³/mol. The van der Waals surface area contributed by atoms with Gasteiger partial charge in [-0.15, -0.1) is 10.2 Å². The van der Waals surface area contributed by atoms with Gasteiger partial charge in [-0.05, 0) is 51.3 Å². The first-order chi connectivity index (χ1) is 13.7. The van der Waals surface area contributed by atoms with Crippen LogP contribution in [-0.4, -0.2) is 47.0 Å². The lowest BCUT2D eigenvalue weighted by Crippen LogP contribution is -2.34. The molecule has 0 saturated heterocycles. The summed E-state index contributed by atoms with van der Waals surface area (Å²) in [5, 5.41) is 9.24. The number of benzene rings is 1. The van der Waals surface area contributed by atoms with Gasteiger partial charge < -0.3 is 4.74 Å². The Bertz CT molecular complexity index is 1220. The van der Waals surface area contributed by atoms with Gasteiger partial charge in [-0.3, -0.25) is 4.57 Å². The van der Waals surface area contributed by atoms with Crippen LogP contribution in [0.2, 0.25) is 0 Å². The SMILES string of the molecule is COCCCn1c(=O)n(-c2nnc(C)s2)c2cc(S(=O)(=O)NC3(C)CC3)ccc21. The van der Waals surface area contributed by atoms with Crippen LogP contribution in [0.25, 0.3) is 16.2 Å². The van der Waals surface area contributed by atoms with Gasteiger partial charge in [0.15, 0.2) is 0 Å². The summed E-state index contributed by atoms with van der Waals surface area (Å²) in [6.45, 7) is 4.66. The Morgan fingerprint density at radius 1 is 1.28 bits per heavy atom. The lowest BCUT2D eigenvalue weighted by molar-refractivity contribution is 0.190. The van der Waals surface area contributed by atoms with E-state index in [1.807, 2.05) is 6.92 Å². The van der Waals surface area contributed by atoms with Crippen molar-refractivity contribution in [3.8, 4) is 5.13 Å². The highest BCUT2D eigenvalue weighted by molar-refractivity contribution is 7.89. The summed E-state index contributed by atoms with van der Waals surface area (Å²) in [4.78, 5) is 13.3. The Kier molecular flexibility index (Phi) is 5.09. The fourth-order valence-electron chi connectivity index (χ4n) is 3.22. The third kappa shape index (κ3) is 3.87. The molecule has 0 spiro atoms. The van der Waals surface area contributed by atoms with Crippen molar-refractivity contribution in [3.63, 3.8) is 0 Å². The van der Waals surface area contributed by atoms with Gasteiger partial charge in [0, 0.05) is 25.8 Å². The first-order valence-corrected chi connectivity index (χ1v) is 11.6. The van der Waals surface area contributed by atoms with Crippen molar-refractivity contribution >= 4 is 32.4 Å². The number of hydrogen-bond donors (Lipinski definition) is 1. The Labute approximate surface area is 172 Å². The van der Waals surface area contributed by atoms with Gasteiger partial charge >= 0.3 is 5.69 Å². The minimum atomic E-state index is -3.69. The summed E-state index contributed by atoms with van der Waals surface area (Å²) in [6.07, 6.45) is 2.29. The zero-order valence-corrected chi connectivity index (χ0v) is 18.1. The summed E-state index contributed by atoms with van der Waals surface area (Å²) in [6, 6.07) is 4.75. The first kappa shape index (κ1) is 20.2. The van der Waals surface area contributed by atoms with Crippen LogP contribution in [0.5, 0.6) is 0 Å². The van der Waals surface area contributed by atoms with Crippen LogP contribution in [0.1, 0.15) is 31.2 Å². The third-order valence-electron chi connectivity index (χ3n) is 5.03. The molecule has 1 aromatic carbocycles. The second kappa shape index (κ2) is 7.31. The molecule has 0 bridgehead atoms. The van der Waals surface area contributed by atoms with Crippen molar-refractivity contribution in [1.29, 1.82) is 0 Å². The van der Waals surface area contributed by atoms with E-state index in [-0.39, 0.29) is 16.1 Å². The zero-order chi connectivity index (χ0) is 20.8. The van der Waals surface area contributed by atoms with Crippen LogP contribution in [0.4, 0.5) is 0 Å². The number of fused-ring (bicyclic) bond motifs is 1. The highest BCUT2D eigenvalue weighted by atomic mass is 32.2. The minimum absolute atomic E-state index is 0.127. The quantitative estimate of drug-likeness (QED) is 0.539. The average molecular weight is 438 g/mol. The molecule has 1 aliphatic rings. The molecule has 0 radical (unpaired) electrons. The molecule has 29 heavy (non-hydrogen) atoms. The Balaban J connectivity index is 1.86. The number of aryl methyl sites for hydroxylation is 2. The first-order valence-electron chi connectivity index (χ1n) is 9.33. The fourth-order valence-corrected chi connectivity index (χ4v) is 5.40. The van der Waals surface area contributed by atoms with Crippen LogP contribution in [0.15, 0.2) is 27.9 Å². The molecule has 0 aliphatic heterocycles. The van der Waals surface area contributed by atoms with Crippen molar-refractivity contribution < 1.29 is 13.2 Å². The smallest absolute Gasteiger partial charge is 0.335 e. The van der Waals surface area contributed by atoms with Crippen molar-refractivity contribution in [2.45, 2.75) is 50.1 Å². The minimum Gasteiger partial charge on any atom is -0.385 e. The number of nitrogens with zero attached hydrogens (tertiary/aromatic N) is 4. The van der Waals surface area contributed by atoms with E-state index < -0.39 is 10.0 Å². The number of ether oxygens (including phenoxy) is 1. The van der Waals surface area contributed by atoms with E-state index in [0.717, 1.165) is 17.8 Å². The van der Waals surface area contributed by atoms with Crippen LogP contribution < -0.4 is 10.4 Å². The molecule has 2 heterocycles. The maximum absolute atomic E-state index is 13.2. The van der Waals surface area contributed by atoms with E-state index in [4.69, 9.17) is 4.74 Å². The van der Waals surface area contributed by atoms with E-state index in [9.17, 15) is 13.2 Å². The highest BCUT2D eigenvalue weighted by Gasteiger charge is 2.41. The van der Waals surface area contributed by atoms with E-state index >= 15 is 0 Å². The summed E-state index contributed by atoms with van der Waals surface area (Å²) in [5.41, 5.74) is 0.488. The van der Waals surface area contributed by atoms with Gasteiger partial charge in [-0.2, -0.15) is 0 Å². The summed E-state index contributed by atoms with van der Waals surface area (Å²) in [5.74, 6) is 0. The van der Waals surface area contributed by atoms with Crippen molar-refractivity contribution in [3.05, 3.63) is 33.7 Å². The zero-order valence-electron chi connectivity index (χ0n) is 16.5. The number of rotatable bonds is 8. The normalized spacial score (nSPS) is 15.8.